The Hall–Kier alpha value is -0.0800. The van der Waals surface area contributed by atoms with Crippen LogP contribution in [0, 0.1) is 11.3 Å². The van der Waals surface area contributed by atoms with Crippen LogP contribution in [0.3, 0.4) is 0 Å². The highest BCUT2D eigenvalue weighted by atomic mass is 15.2. The van der Waals surface area contributed by atoms with Crippen molar-refractivity contribution in [3.63, 3.8) is 0 Å². The second-order valence-corrected chi connectivity index (χ2v) is 6.96. The smallest absolute Gasteiger partial charge is 0.0243 e. The van der Waals surface area contributed by atoms with Crippen molar-refractivity contribution in [2.24, 2.45) is 11.3 Å². The first kappa shape index (κ1) is 15.0. The van der Waals surface area contributed by atoms with Crippen molar-refractivity contribution in [1.29, 1.82) is 0 Å². The maximum absolute atomic E-state index is 3.66. The SMILES string of the molecule is CCNC(CN1CC(C)CCC1C)C(C)(C)C. The van der Waals surface area contributed by atoms with Gasteiger partial charge in [0, 0.05) is 25.2 Å². The fourth-order valence-corrected chi connectivity index (χ4v) is 2.76. The Morgan fingerprint density at radius 2 is 1.88 bits per heavy atom. The molecule has 0 aromatic heterocycles. The third kappa shape index (κ3) is 4.59. The van der Waals surface area contributed by atoms with Crippen LogP contribution in [-0.2, 0) is 0 Å². The van der Waals surface area contributed by atoms with Crippen molar-refractivity contribution < 1.29 is 0 Å². The number of likely N-dealkylation sites (N-methyl/N-ethyl adjacent to an activating group) is 1. The van der Waals surface area contributed by atoms with Crippen LogP contribution in [-0.4, -0.2) is 36.6 Å². The Kier molecular flexibility index (Phi) is 5.46. The number of hydrogen-bond donors (Lipinski definition) is 1. The molecule has 1 saturated heterocycles. The number of nitrogens with zero attached hydrogens (tertiary/aromatic N) is 1. The van der Waals surface area contributed by atoms with Crippen molar-refractivity contribution in [3.05, 3.63) is 0 Å². The monoisotopic (exact) mass is 240 g/mol. The second-order valence-electron chi connectivity index (χ2n) is 6.96. The van der Waals surface area contributed by atoms with Crippen molar-refractivity contribution >= 4 is 0 Å². The van der Waals surface area contributed by atoms with E-state index in [9.17, 15) is 0 Å². The molecule has 3 unspecified atom stereocenters. The van der Waals surface area contributed by atoms with Gasteiger partial charge in [0.1, 0.15) is 0 Å². The molecule has 102 valence electrons. The summed E-state index contributed by atoms with van der Waals surface area (Å²) in [4.78, 5) is 2.69. The standard InChI is InChI=1S/C15H32N2/c1-7-16-14(15(4,5)6)11-17-10-12(2)8-9-13(17)3/h12-14,16H,7-11H2,1-6H3. The van der Waals surface area contributed by atoms with Gasteiger partial charge in [-0.05, 0) is 37.6 Å². The Morgan fingerprint density at radius 3 is 2.41 bits per heavy atom. The highest BCUT2D eigenvalue weighted by Gasteiger charge is 2.30. The van der Waals surface area contributed by atoms with Gasteiger partial charge in [0.2, 0.25) is 0 Å². The zero-order valence-electron chi connectivity index (χ0n) is 12.7. The molecule has 1 N–H and O–H groups in total. The lowest BCUT2D eigenvalue weighted by molar-refractivity contribution is 0.0885. The van der Waals surface area contributed by atoms with E-state index in [1.807, 2.05) is 0 Å². The summed E-state index contributed by atoms with van der Waals surface area (Å²) < 4.78 is 0. The highest BCUT2D eigenvalue weighted by Crippen LogP contribution is 2.25. The van der Waals surface area contributed by atoms with Gasteiger partial charge in [-0.3, -0.25) is 4.90 Å². The van der Waals surface area contributed by atoms with Gasteiger partial charge in [-0.1, -0.05) is 34.6 Å². The van der Waals surface area contributed by atoms with E-state index in [4.69, 9.17) is 0 Å². The molecule has 17 heavy (non-hydrogen) atoms. The van der Waals surface area contributed by atoms with Gasteiger partial charge in [0.25, 0.3) is 0 Å². The van der Waals surface area contributed by atoms with E-state index in [0.29, 0.717) is 11.5 Å². The lowest BCUT2D eigenvalue weighted by Gasteiger charge is -2.42. The molecule has 0 bridgehead atoms. The van der Waals surface area contributed by atoms with Crippen molar-refractivity contribution in [3.8, 4) is 0 Å². The normalized spacial score (nSPS) is 29.3. The number of nitrogens with one attached hydrogen (secondary N) is 1. The van der Waals surface area contributed by atoms with Crippen LogP contribution in [0.4, 0.5) is 0 Å². The molecule has 1 aliphatic rings. The van der Waals surface area contributed by atoms with Gasteiger partial charge in [-0.15, -0.1) is 0 Å². The topological polar surface area (TPSA) is 15.3 Å². The maximum Gasteiger partial charge on any atom is 0.0243 e. The minimum Gasteiger partial charge on any atom is -0.312 e. The summed E-state index contributed by atoms with van der Waals surface area (Å²) >= 11 is 0. The van der Waals surface area contributed by atoms with Gasteiger partial charge < -0.3 is 5.32 Å². The minimum atomic E-state index is 0.344. The summed E-state index contributed by atoms with van der Waals surface area (Å²) in [7, 11) is 0. The third-order valence-corrected chi connectivity index (χ3v) is 4.16. The number of hydrogen-bond acceptors (Lipinski definition) is 2. The Bertz CT molecular complexity index is 219. The fourth-order valence-electron chi connectivity index (χ4n) is 2.76. The highest BCUT2D eigenvalue weighted by molar-refractivity contribution is 4.87. The summed E-state index contributed by atoms with van der Waals surface area (Å²) in [5.41, 5.74) is 0.344. The molecule has 0 amide bonds. The molecule has 0 radical (unpaired) electrons. The Labute approximate surface area is 108 Å². The van der Waals surface area contributed by atoms with Gasteiger partial charge in [-0.25, -0.2) is 0 Å². The van der Waals surface area contributed by atoms with Crippen LogP contribution in [0.15, 0.2) is 0 Å². The molecular formula is C15H32N2. The molecular weight excluding hydrogens is 208 g/mol. The third-order valence-electron chi connectivity index (χ3n) is 4.16. The zero-order valence-corrected chi connectivity index (χ0v) is 12.7. The predicted octanol–water partition coefficient (Wildman–Crippen LogP) is 3.13. The van der Waals surface area contributed by atoms with Crippen molar-refractivity contribution in [1.82, 2.24) is 10.2 Å². The van der Waals surface area contributed by atoms with E-state index in [1.54, 1.807) is 0 Å². The van der Waals surface area contributed by atoms with Crippen molar-refractivity contribution in [2.45, 2.75) is 66.5 Å². The van der Waals surface area contributed by atoms with Gasteiger partial charge in [0.05, 0.1) is 0 Å². The first-order valence-corrected chi connectivity index (χ1v) is 7.32. The molecule has 1 fully saturated rings. The first-order valence-electron chi connectivity index (χ1n) is 7.32. The fraction of sp³-hybridized carbons (Fsp3) is 1.00. The summed E-state index contributed by atoms with van der Waals surface area (Å²) in [5, 5.41) is 3.66. The lowest BCUT2D eigenvalue weighted by atomic mass is 9.85. The van der Waals surface area contributed by atoms with Crippen LogP contribution in [0.25, 0.3) is 0 Å². The molecule has 2 heteroatoms. The summed E-state index contributed by atoms with van der Waals surface area (Å²) in [6.45, 7) is 17.6. The zero-order chi connectivity index (χ0) is 13.1. The molecule has 2 nitrogen and oxygen atoms in total. The van der Waals surface area contributed by atoms with E-state index < -0.39 is 0 Å². The largest absolute Gasteiger partial charge is 0.312 e. The predicted molar refractivity (Wildman–Crippen MR) is 76.4 cm³/mol. The van der Waals surface area contributed by atoms with Gasteiger partial charge >= 0.3 is 0 Å². The average molecular weight is 240 g/mol. The minimum absolute atomic E-state index is 0.344. The first-order chi connectivity index (χ1) is 7.84. The number of piperidine rings is 1. The van der Waals surface area contributed by atoms with E-state index in [1.165, 1.54) is 25.9 Å². The Balaban J connectivity index is 2.59. The lowest BCUT2D eigenvalue weighted by Crippen LogP contribution is -2.52. The average Bonchev–Trinajstić information content (AvgIpc) is 2.21. The molecule has 1 heterocycles. The number of likely N-dealkylation sites (tertiary alicyclic amines) is 1. The van der Waals surface area contributed by atoms with Crippen LogP contribution < -0.4 is 5.32 Å². The van der Waals surface area contributed by atoms with E-state index in [-0.39, 0.29) is 0 Å². The molecule has 1 aliphatic heterocycles. The molecule has 0 aromatic carbocycles. The molecule has 0 aliphatic carbocycles. The molecule has 1 rings (SSSR count). The van der Waals surface area contributed by atoms with Crippen molar-refractivity contribution in [2.75, 3.05) is 19.6 Å². The maximum atomic E-state index is 3.66. The van der Waals surface area contributed by atoms with Crippen LogP contribution in [0.2, 0.25) is 0 Å². The second kappa shape index (κ2) is 6.19. The quantitative estimate of drug-likeness (QED) is 0.812. The van der Waals surface area contributed by atoms with Crippen LogP contribution in [0.1, 0.15) is 54.4 Å². The summed E-state index contributed by atoms with van der Waals surface area (Å²) in [6, 6.07) is 1.36. The summed E-state index contributed by atoms with van der Waals surface area (Å²) in [5.74, 6) is 0.869. The van der Waals surface area contributed by atoms with E-state index in [0.717, 1.165) is 18.5 Å². The number of rotatable bonds is 4. The Morgan fingerprint density at radius 1 is 1.24 bits per heavy atom. The van der Waals surface area contributed by atoms with E-state index in [2.05, 4.69) is 51.8 Å². The molecule has 0 saturated carbocycles. The molecule has 0 aromatic rings. The van der Waals surface area contributed by atoms with E-state index >= 15 is 0 Å². The van der Waals surface area contributed by atoms with Gasteiger partial charge in [0.15, 0.2) is 0 Å². The van der Waals surface area contributed by atoms with Crippen LogP contribution >= 0.6 is 0 Å². The molecule has 0 spiro atoms. The molecule has 3 atom stereocenters. The van der Waals surface area contributed by atoms with Gasteiger partial charge in [-0.2, -0.15) is 0 Å². The van der Waals surface area contributed by atoms with Crippen LogP contribution in [0.5, 0.6) is 0 Å². The summed E-state index contributed by atoms with van der Waals surface area (Å²) in [6.07, 6.45) is 2.77.